The van der Waals surface area contributed by atoms with Gasteiger partial charge in [0.1, 0.15) is 5.69 Å². The van der Waals surface area contributed by atoms with Crippen LogP contribution in [0.25, 0.3) is 0 Å². The second-order valence-corrected chi connectivity index (χ2v) is 6.69. The van der Waals surface area contributed by atoms with Gasteiger partial charge < -0.3 is 10.2 Å². The van der Waals surface area contributed by atoms with E-state index >= 15 is 0 Å². The molecule has 2 aromatic heterocycles. The molecule has 6 nitrogen and oxygen atoms in total. The van der Waals surface area contributed by atoms with Gasteiger partial charge in [-0.1, -0.05) is 54.6 Å². The van der Waals surface area contributed by atoms with Crippen LogP contribution >= 0.6 is 0 Å². The molecule has 0 bridgehead atoms. The molecule has 0 fully saturated rings. The highest BCUT2D eigenvalue weighted by Gasteiger charge is 2.16. The van der Waals surface area contributed by atoms with Gasteiger partial charge in [-0.3, -0.25) is 9.78 Å². The molecular weight excluding hydrogens is 374 g/mol. The fourth-order valence-corrected chi connectivity index (χ4v) is 3.03. The number of hydrogen-bond donors (Lipinski definition) is 1. The van der Waals surface area contributed by atoms with Crippen LogP contribution in [-0.4, -0.2) is 20.9 Å². The van der Waals surface area contributed by atoms with Gasteiger partial charge in [-0.05, 0) is 35.4 Å². The number of benzene rings is 2. The van der Waals surface area contributed by atoms with Crippen LogP contribution < -0.4 is 10.2 Å². The van der Waals surface area contributed by atoms with Crippen molar-refractivity contribution in [2.75, 3.05) is 4.90 Å². The van der Waals surface area contributed by atoms with E-state index in [0.29, 0.717) is 24.7 Å². The van der Waals surface area contributed by atoms with Gasteiger partial charge in [0.15, 0.2) is 0 Å². The summed E-state index contributed by atoms with van der Waals surface area (Å²) in [6.45, 7) is 0.976. The maximum absolute atomic E-state index is 12.6. The van der Waals surface area contributed by atoms with E-state index in [0.717, 1.165) is 16.8 Å². The van der Waals surface area contributed by atoms with E-state index in [4.69, 9.17) is 0 Å². The second-order valence-electron chi connectivity index (χ2n) is 6.69. The molecule has 2 aromatic carbocycles. The Balaban J connectivity index is 1.57. The van der Waals surface area contributed by atoms with E-state index in [1.807, 2.05) is 65.6 Å². The van der Waals surface area contributed by atoms with E-state index < -0.39 is 0 Å². The van der Waals surface area contributed by atoms with Crippen LogP contribution in [0.1, 0.15) is 21.6 Å². The summed E-state index contributed by atoms with van der Waals surface area (Å²) < 4.78 is 0. The number of anilines is 2. The number of carbonyl (C=O) groups is 1. The molecule has 148 valence electrons. The standard InChI is InChI=1S/C24H21N5O/c30-23(27-17-20-10-7-14-25-16-20)22-13-15-26-24(28-22)29(21-11-5-2-6-12-21)18-19-8-3-1-4-9-19/h1-16H,17-18H2,(H,27,30). The molecule has 0 saturated carbocycles. The molecule has 0 spiro atoms. The average Bonchev–Trinajstić information content (AvgIpc) is 2.83. The van der Waals surface area contributed by atoms with Crippen LogP contribution in [0.15, 0.2) is 97.5 Å². The molecule has 30 heavy (non-hydrogen) atoms. The van der Waals surface area contributed by atoms with Crippen molar-refractivity contribution in [3.05, 3.63) is 114 Å². The highest BCUT2D eigenvalue weighted by Crippen LogP contribution is 2.24. The molecule has 0 aliphatic heterocycles. The van der Waals surface area contributed by atoms with Gasteiger partial charge in [-0.25, -0.2) is 9.97 Å². The number of pyridine rings is 1. The maximum atomic E-state index is 12.6. The van der Waals surface area contributed by atoms with Crippen LogP contribution in [0.4, 0.5) is 11.6 Å². The van der Waals surface area contributed by atoms with E-state index in [-0.39, 0.29) is 5.91 Å². The fourth-order valence-electron chi connectivity index (χ4n) is 3.03. The van der Waals surface area contributed by atoms with Gasteiger partial charge in [0.2, 0.25) is 5.95 Å². The molecule has 0 radical (unpaired) electrons. The first-order valence-corrected chi connectivity index (χ1v) is 9.66. The minimum Gasteiger partial charge on any atom is -0.347 e. The third kappa shape index (κ3) is 4.86. The normalized spacial score (nSPS) is 10.4. The van der Waals surface area contributed by atoms with Gasteiger partial charge in [0.05, 0.1) is 6.54 Å². The first-order valence-electron chi connectivity index (χ1n) is 9.66. The SMILES string of the molecule is O=C(NCc1cccnc1)c1ccnc(N(Cc2ccccc2)c2ccccc2)n1. The van der Waals surface area contributed by atoms with E-state index in [1.54, 1.807) is 24.7 Å². The maximum Gasteiger partial charge on any atom is 0.270 e. The average molecular weight is 395 g/mol. The monoisotopic (exact) mass is 395 g/mol. The van der Waals surface area contributed by atoms with E-state index in [1.165, 1.54) is 0 Å². The van der Waals surface area contributed by atoms with Crippen molar-refractivity contribution in [3.63, 3.8) is 0 Å². The molecule has 0 aliphatic carbocycles. The number of nitrogens with zero attached hydrogens (tertiary/aromatic N) is 4. The number of hydrogen-bond acceptors (Lipinski definition) is 5. The topological polar surface area (TPSA) is 71.0 Å². The molecule has 0 saturated heterocycles. The lowest BCUT2D eigenvalue weighted by Gasteiger charge is -2.23. The van der Waals surface area contributed by atoms with Crippen LogP contribution in [0.2, 0.25) is 0 Å². The summed E-state index contributed by atoms with van der Waals surface area (Å²) >= 11 is 0. The summed E-state index contributed by atoms with van der Waals surface area (Å²) in [5, 5.41) is 2.88. The quantitative estimate of drug-likeness (QED) is 0.509. The third-order valence-electron chi connectivity index (χ3n) is 4.54. The predicted octanol–water partition coefficient (Wildman–Crippen LogP) is 4.14. The first kappa shape index (κ1) is 19.3. The zero-order valence-corrected chi connectivity index (χ0v) is 16.3. The lowest BCUT2D eigenvalue weighted by atomic mass is 10.2. The van der Waals surface area contributed by atoms with Crippen molar-refractivity contribution in [3.8, 4) is 0 Å². The molecule has 0 atom stereocenters. The summed E-state index contributed by atoms with van der Waals surface area (Å²) in [6, 6.07) is 25.4. The number of para-hydroxylation sites is 1. The number of nitrogens with one attached hydrogen (secondary N) is 1. The Kier molecular flexibility index (Phi) is 6.05. The molecule has 1 N–H and O–H groups in total. The zero-order valence-electron chi connectivity index (χ0n) is 16.3. The van der Waals surface area contributed by atoms with Crippen molar-refractivity contribution >= 4 is 17.5 Å². The molecule has 2 heterocycles. The molecular formula is C24H21N5O. The molecule has 4 rings (SSSR count). The second kappa shape index (κ2) is 9.43. The Morgan fingerprint density at radius 2 is 1.57 bits per heavy atom. The number of carbonyl (C=O) groups excluding carboxylic acids is 1. The predicted molar refractivity (Wildman–Crippen MR) is 116 cm³/mol. The Morgan fingerprint density at radius 3 is 2.30 bits per heavy atom. The Hall–Kier alpha value is -4.06. The Labute approximate surface area is 175 Å². The van der Waals surface area contributed by atoms with E-state index in [2.05, 4.69) is 32.4 Å². The van der Waals surface area contributed by atoms with Crippen LogP contribution in [-0.2, 0) is 13.1 Å². The van der Waals surface area contributed by atoms with Crippen molar-refractivity contribution in [1.82, 2.24) is 20.3 Å². The van der Waals surface area contributed by atoms with Crippen LogP contribution in [0, 0.1) is 0 Å². The molecule has 4 aromatic rings. The largest absolute Gasteiger partial charge is 0.347 e. The Bertz CT molecular complexity index is 1090. The highest BCUT2D eigenvalue weighted by atomic mass is 16.1. The van der Waals surface area contributed by atoms with Gasteiger partial charge in [-0.15, -0.1) is 0 Å². The summed E-state index contributed by atoms with van der Waals surface area (Å²) in [7, 11) is 0. The minimum atomic E-state index is -0.254. The molecule has 1 amide bonds. The van der Waals surface area contributed by atoms with Crippen molar-refractivity contribution in [1.29, 1.82) is 0 Å². The van der Waals surface area contributed by atoms with Crippen molar-refractivity contribution in [2.24, 2.45) is 0 Å². The molecule has 0 aliphatic rings. The van der Waals surface area contributed by atoms with Gasteiger partial charge >= 0.3 is 0 Å². The number of aromatic nitrogens is 3. The van der Waals surface area contributed by atoms with E-state index in [9.17, 15) is 4.79 Å². The number of amides is 1. The summed E-state index contributed by atoms with van der Waals surface area (Å²) in [5.41, 5.74) is 3.32. The van der Waals surface area contributed by atoms with Crippen molar-refractivity contribution in [2.45, 2.75) is 13.1 Å². The smallest absolute Gasteiger partial charge is 0.270 e. The van der Waals surface area contributed by atoms with Crippen LogP contribution in [0.5, 0.6) is 0 Å². The van der Waals surface area contributed by atoms with Gasteiger partial charge in [-0.2, -0.15) is 0 Å². The molecule has 6 heteroatoms. The summed E-state index contributed by atoms with van der Waals surface area (Å²) in [6.07, 6.45) is 5.04. The number of rotatable bonds is 7. The lowest BCUT2D eigenvalue weighted by molar-refractivity contribution is 0.0946. The Morgan fingerprint density at radius 1 is 0.833 bits per heavy atom. The first-order chi connectivity index (χ1) is 14.8. The summed E-state index contributed by atoms with van der Waals surface area (Å²) in [5.74, 6) is 0.217. The van der Waals surface area contributed by atoms with Crippen molar-refractivity contribution < 1.29 is 4.79 Å². The minimum absolute atomic E-state index is 0.254. The lowest BCUT2D eigenvalue weighted by Crippen LogP contribution is -2.25. The van der Waals surface area contributed by atoms with Crippen LogP contribution in [0.3, 0.4) is 0 Å². The molecule has 0 unspecified atom stereocenters. The highest BCUT2D eigenvalue weighted by molar-refractivity contribution is 5.92. The summed E-state index contributed by atoms with van der Waals surface area (Å²) in [4.78, 5) is 27.7. The zero-order chi connectivity index (χ0) is 20.6. The fraction of sp³-hybridized carbons (Fsp3) is 0.0833. The third-order valence-corrected chi connectivity index (χ3v) is 4.54. The van der Waals surface area contributed by atoms with Gasteiger partial charge in [0, 0.05) is 30.8 Å². The van der Waals surface area contributed by atoms with Gasteiger partial charge in [0.25, 0.3) is 5.91 Å².